The fourth-order valence-corrected chi connectivity index (χ4v) is 3.58. The van der Waals surface area contributed by atoms with Crippen molar-refractivity contribution in [3.63, 3.8) is 0 Å². The van der Waals surface area contributed by atoms with Crippen molar-refractivity contribution in [2.75, 3.05) is 11.4 Å². The minimum atomic E-state index is -0.420. The van der Waals surface area contributed by atoms with Crippen molar-refractivity contribution in [2.24, 2.45) is 5.92 Å². The first-order chi connectivity index (χ1) is 9.99. The van der Waals surface area contributed by atoms with Gasteiger partial charge in [0.15, 0.2) is 0 Å². The molecule has 0 aromatic heterocycles. The summed E-state index contributed by atoms with van der Waals surface area (Å²) in [5.41, 5.74) is 2.26. The first-order valence-electron chi connectivity index (χ1n) is 8.23. The van der Waals surface area contributed by atoms with Gasteiger partial charge in [0.2, 0.25) is 0 Å². The summed E-state index contributed by atoms with van der Waals surface area (Å²) in [5.74, 6) is 0.705. The Morgan fingerprint density at radius 3 is 2.48 bits per heavy atom. The van der Waals surface area contributed by atoms with Gasteiger partial charge < -0.3 is 10.0 Å². The summed E-state index contributed by atoms with van der Waals surface area (Å²) in [6.45, 7) is 7.51. The third kappa shape index (κ3) is 4.46. The molecule has 1 N–H and O–H groups in total. The Balaban J connectivity index is 2.32. The van der Waals surface area contributed by atoms with Crippen LogP contribution in [-0.2, 0) is 0 Å². The number of hydrogen-bond acceptors (Lipinski definition) is 2. The van der Waals surface area contributed by atoms with Gasteiger partial charge in [0, 0.05) is 28.3 Å². The zero-order valence-corrected chi connectivity index (χ0v) is 15.1. The largest absolute Gasteiger partial charge is 0.389 e. The summed E-state index contributed by atoms with van der Waals surface area (Å²) in [5, 5.41) is 10.1. The average molecular weight is 354 g/mol. The van der Waals surface area contributed by atoms with Crippen molar-refractivity contribution >= 4 is 21.6 Å². The molecular weight excluding hydrogens is 326 g/mol. The van der Waals surface area contributed by atoms with Crippen LogP contribution in [0.2, 0.25) is 0 Å². The van der Waals surface area contributed by atoms with Gasteiger partial charge in [-0.2, -0.15) is 0 Å². The van der Waals surface area contributed by atoms with E-state index in [1.165, 1.54) is 37.8 Å². The van der Waals surface area contributed by atoms with Crippen LogP contribution in [-0.4, -0.2) is 17.7 Å². The van der Waals surface area contributed by atoms with E-state index in [1.54, 1.807) is 0 Å². The Morgan fingerprint density at radius 1 is 1.24 bits per heavy atom. The summed E-state index contributed by atoms with van der Waals surface area (Å²) in [6.07, 6.45) is 6.01. The van der Waals surface area contributed by atoms with Crippen LogP contribution in [0.3, 0.4) is 0 Å². The Morgan fingerprint density at radius 2 is 1.90 bits per heavy atom. The van der Waals surface area contributed by atoms with Crippen molar-refractivity contribution in [2.45, 2.75) is 65.0 Å². The molecule has 0 radical (unpaired) electrons. The third-order valence-electron chi connectivity index (χ3n) is 4.46. The number of anilines is 1. The molecule has 0 spiro atoms. The van der Waals surface area contributed by atoms with E-state index in [0.717, 1.165) is 16.6 Å². The molecule has 2 nitrogen and oxygen atoms in total. The SMILES string of the molecule is CC(C)CCN(c1cc(Br)ccc1C(C)O)C1CCCC1. The summed E-state index contributed by atoms with van der Waals surface area (Å²) in [6, 6.07) is 6.90. The molecule has 2 rings (SSSR count). The third-order valence-corrected chi connectivity index (χ3v) is 4.96. The van der Waals surface area contributed by atoms with Crippen LogP contribution < -0.4 is 4.90 Å². The zero-order chi connectivity index (χ0) is 15.4. The van der Waals surface area contributed by atoms with Gasteiger partial charge in [-0.15, -0.1) is 0 Å². The van der Waals surface area contributed by atoms with Crippen LogP contribution in [0.1, 0.15) is 64.5 Å². The van der Waals surface area contributed by atoms with Crippen molar-refractivity contribution in [1.29, 1.82) is 0 Å². The van der Waals surface area contributed by atoms with E-state index in [1.807, 2.05) is 13.0 Å². The second-order valence-electron chi connectivity index (χ2n) is 6.69. The van der Waals surface area contributed by atoms with Gasteiger partial charge in [-0.1, -0.05) is 48.7 Å². The molecule has 0 amide bonds. The van der Waals surface area contributed by atoms with E-state index < -0.39 is 6.10 Å². The highest BCUT2D eigenvalue weighted by Crippen LogP contribution is 2.35. The quantitative estimate of drug-likeness (QED) is 0.750. The molecule has 1 atom stereocenters. The van der Waals surface area contributed by atoms with Gasteiger partial charge in [-0.25, -0.2) is 0 Å². The molecule has 3 heteroatoms. The molecule has 118 valence electrons. The molecule has 1 aliphatic rings. The fraction of sp³-hybridized carbons (Fsp3) is 0.667. The van der Waals surface area contributed by atoms with E-state index in [-0.39, 0.29) is 0 Å². The summed E-state index contributed by atoms with van der Waals surface area (Å²) in [7, 11) is 0. The standard InChI is InChI=1S/C18H28BrNO/c1-13(2)10-11-20(16-6-4-5-7-16)18-12-15(19)8-9-17(18)14(3)21/h8-9,12-14,16,21H,4-7,10-11H2,1-3H3. The lowest BCUT2D eigenvalue weighted by Gasteiger charge is -2.34. The second-order valence-corrected chi connectivity index (χ2v) is 7.61. The molecule has 1 saturated carbocycles. The Labute approximate surface area is 137 Å². The van der Waals surface area contributed by atoms with E-state index in [0.29, 0.717) is 12.0 Å². The number of benzene rings is 1. The molecule has 0 heterocycles. The molecule has 0 bridgehead atoms. The van der Waals surface area contributed by atoms with Gasteiger partial charge in [0.05, 0.1) is 6.10 Å². The van der Waals surface area contributed by atoms with E-state index in [9.17, 15) is 5.11 Å². The molecule has 0 aliphatic heterocycles. The predicted octanol–water partition coefficient (Wildman–Crippen LogP) is 5.30. The smallest absolute Gasteiger partial charge is 0.0782 e. The summed E-state index contributed by atoms with van der Waals surface area (Å²) >= 11 is 3.59. The van der Waals surface area contributed by atoms with Gasteiger partial charge >= 0.3 is 0 Å². The van der Waals surface area contributed by atoms with Crippen molar-refractivity contribution < 1.29 is 5.11 Å². The molecule has 1 fully saturated rings. The average Bonchev–Trinajstić information content (AvgIpc) is 2.92. The van der Waals surface area contributed by atoms with Crippen molar-refractivity contribution in [3.8, 4) is 0 Å². The predicted molar refractivity (Wildman–Crippen MR) is 93.8 cm³/mol. The maximum Gasteiger partial charge on any atom is 0.0782 e. The molecule has 1 aliphatic carbocycles. The van der Waals surface area contributed by atoms with Gasteiger partial charge in [-0.3, -0.25) is 0 Å². The normalized spacial score (nSPS) is 17.4. The van der Waals surface area contributed by atoms with Crippen LogP contribution >= 0.6 is 15.9 Å². The topological polar surface area (TPSA) is 23.5 Å². The van der Waals surface area contributed by atoms with Crippen LogP contribution in [0.5, 0.6) is 0 Å². The molecule has 1 aromatic carbocycles. The van der Waals surface area contributed by atoms with E-state index >= 15 is 0 Å². The van der Waals surface area contributed by atoms with Crippen molar-refractivity contribution in [3.05, 3.63) is 28.2 Å². The van der Waals surface area contributed by atoms with Crippen LogP contribution in [0.4, 0.5) is 5.69 Å². The fourth-order valence-electron chi connectivity index (χ4n) is 3.23. The lowest BCUT2D eigenvalue weighted by Crippen LogP contribution is -2.35. The summed E-state index contributed by atoms with van der Waals surface area (Å²) < 4.78 is 1.09. The van der Waals surface area contributed by atoms with E-state index in [4.69, 9.17) is 0 Å². The number of rotatable bonds is 6. The minimum Gasteiger partial charge on any atom is -0.389 e. The monoisotopic (exact) mass is 353 g/mol. The van der Waals surface area contributed by atoms with Crippen LogP contribution in [0.15, 0.2) is 22.7 Å². The van der Waals surface area contributed by atoms with Crippen LogP contribution in [0.25, 0.3) is 0 Å². The lowest BCUT2D eigenvalue weighted by molar-refractivity contribution is 0.199. The Hall–Kier alpha value is -0.540. The molecule has 1 unspecified atom stereocenters. The highest BCUT2D eigenvalue weighted by atomic mass is 79.9. The molecular formula is C18H28BrNO. The van der Waals surface area contributed by atoms with Crippen molar-refractivity contribution in [1.82, 2.24) is 0 Å². The number of nitrogens with zero attached hydrogens (tertiary/aromatic N) is 1. The highest BCUT2D eigenvalue weighted by molar-refractivity contribution is 9.10. The Bertz CT molecular complexity index is 453. The lowest BCUT2D eigenvalue weighted by atomic mass is 10.0. The molecule has 21 heavy (non-hydrogen) atoms. The maximum atomic E-state index is 10.1. The van der Waals surface area contributed by atoms with Gasteiger partial charge in [0.25, 0.3) is 0 Å². The number of hydrogen-bond donors (Lipinski definition) is 1. The van der Waals surface area contributed by atoms with Crippen LogP contribution in [0, 0.1) is 5.92 Å². The van der Waals surface area contributed by atoms with Gasteiger partial charge in [0.1, 0.15) is 0 Å². The number of aliphatic hydroxyl groups excluding tert-OH is 1. The minimum absolute atomic E-state index is 0.420. The zero-order valence-electron chi connectivity index (χ0n) is 13.5. The Kier molecular flexibility index (Phi) is 6.12. The first-order valence-corrected chi connectivity index (χ1v) is 9.02. The molecule has 0 saturated heterocycles. The number of aliphatic hydroxyl groups is 1. The maximum absolute atomic E-state index is 10.1. The van der Waals surface area contributed by atoms with E-state index in [2.05, 4.69) is 46.8 Å². The molecule has 1 aromatic rings. The highest BCUT2D eigenvalue weighted by Gasteiger charge is 2.25. The number of halogens is 1. The first kappa shape index (κ1) is 16.8. The second kappa shape index (κ2) is 7.64. The summed E-state index contributed by atoms with van der Waals surface area (Å²) in [4.78, 5) is 2.56. The van der Waals surface area contributed by atoms with Gasteiger partial charge in [-0.05, 0) is 44.2 Å².